The second-order valence-electron chi connectivity index (χ2n) is 3.48. The molecule has 0 amide bonds. The van der Waals surface area contributed by atoms with Crippen molar-refractivity contribution in [3.8, 4) is 0 Å². The quantitative estimate of drug-likeness (QED) is 0.381. The van der Waals surface area contributed by atoms with Crippen molar-refractivity contribution in [3.05, 3.63) is 0 Å². The topological polar surface area (TPSA) is 39.7 Å². The van der Waals surface area contributed by atoms with Gasteiger partial charge in [-0.25, -0.2) is 0 Å². The van der Waals surface area contributed by atoms with Crippen LogP contribution in [0.15, 0.2) is 0 Å². The molecule has 0 aliphatic carbocycles. The van der Waals surface area contributed by atoms with Gasteiger partial charge in [-0.15, -0.1) is 0 Å². The highest BCUT2D eigenvalue weighted by atomic mass is 28.4. The average molecular weight is 221 g/mol. The van der Waals surface area contributed by atoms with Crippen molar-refractivity contribution in [2.75, 3.05) is 27.9 Å². The maximum atomic E-state index is 5.38. The van der Waals surface area contributed by atoms with Crippen LogP contribution >= 0.6 is 0 Å². The lowest BCUT2D eigenvalue weighted by Gasteiger charge is -2.22. The Hall–Kier alpha value is 0.0569. The molecule has 0 bridgehead atoms. The second-order valence-corrected chi connectivity index (χ2v) is 7.06. The molecule has 86 valence electrons. The lowest BCUT2D eigenvalue weighted by Crippen LogP contribution is -2.37. The zero-order valence-electron chi connectivity index (χ0n) is 9.92. The summed E-state index contributed by atoms with van der Waals surface area (Å²) in [6.07, 6.45) is 1.17. The third-order valence-electron chi connectivity index (χ3n) is 2.46. The van der Waals surface area contributed by atoms with Gasteiger partial charge in [0.1, 0.15) is 6.23 Å². The van der Waals surface area contributed by atoms with E-state index in [2.05, 4.69) is 11.9 Å². The number of hydrogen-bond donors (Lipinski definition) is 1. The monoisotopic (exact) mass is 221 g/mol. The number of methoxy groups -OCH3 is 1. The van der Waals surface area contributed by atoms with Gasteiger partial charge in [0.15, 0.2) is 0 Å². The van der Waals surface area contributed by atoms with Crippen molar-refractivity contribution in [2.45, 2.75) is 32.2 Å². The zero-order valence-corrected chi connectivity index (χ0v) is 10.9. The first kappa shape index (κ1) is 14.1. The Labute approximate surface area is 88.2 Å². The van der Waals surface area contributed by atoms with Crippen LogP contribution in [0.4, 0.5) is 0 Å². The van der Waals surface area contributed by atoms with E-state index in [4.69, 9.17) is 13.6 Å². The summed E-state index contributed by atoms with van der Waals surface area (Å²) in [5.74, 6) is 0. The summed E-state index contributed by atoms with van der Waals surface area (Å²) in [4.78, 5) is 0. The highest BCUT2D eigenvalue weighted by Gasteiger charge is 2.27. The molecule has 0 aliphatic rings. The van der Waals surface area contributed by atoms with Gasteiger partial charge in [0.2, 0.25) is 0 Å². The Morgan fingerprint density at radius 2 is 1.79 bits per heavy atom. The van der Waals surface area contributed by atoms with E-state index in [9.17, 15) is 0 Å². The Morgan fingerprint density at radius 1 is 1.21 bits per heavy atom. The molecule has 14 heavy (non-hydrogen) atoms. The Kier molecular flexibility index (Phi) is 7.39. The molecule has 0 saturated carbocycles. The Morgan fingerprint density at radius 3 is 2.21 bits per heavy atom. The van der Waals surface area contributed by atoms with Crippen LogP contribution < -0.4 is 5.32 Å². The SMILES string of the molecule is COC(C)NCCC[Si](C)(OC)OC. The molecule has 0 saturated heterocycles. The van der Waals surface area contributed by atoms with Crippen LogP contribution in [0.2, 0.25) is 12.6 Å². The number of rotatable bonds is 8. The first-order chi connectivity index (χ1) is 6.58. The third-order valence-corrected chi connectivity index (χ3v) is 5.45. The maximum Gasteiger partial charge on any atom is 0.334 e. The molecule has 1 N–H and O–H groups in total. The lowest BCUT2D eigenvalue weighted by atomic mass is 10.4. The normalized spacial score (nSPS) is 14.4. The third kappa shape index (κ3) is 5.72. The van der Waals surface area contributed by atoms with Crippen molar-refractivity contribution in [1.29, 1.82) is 0 Å². The highest BCUT2D eigenvalue weighted by Crippen LogP contribution is 2.12. The van der Waals surface area contributed by atoms with Crippen molar-refractivity contribution in [1.82, 2.24) is 5.32 Å². The van der Waals surface area contributed by atoms with E-state index in [1.807, 2.05) is 6.92 Å². The minimum atomic E-state index is -1.86. The van der Waals surface area contributed by atoms with E-state index in [0.29, 0.717) is 0 Å². The molecule has 0 rings (SSSR count). The van der Waals surface area contributed by atoms with E-state index >= 15 is 0 Å². The molecule has 0 aromatic carbocycles. The molecular weight excluding hydrogens is 198 g/mol. The van der Waals surface area contributed by atoms with Crippen molar-refractivity contribution in [2.24, 2.45) is 0 Å². The van der Waals surface area contributed by atoms with Gasteiger partial charge in [0, 0.05) is 21.3 Å². The fraction of sp³-hybridized carbons (Fsp3) is 1.00. The molecule has 0 aromatic heterocycles. The standard InChI is InChI=1S/C9H23NO3Si/c1-9(11-2)10-7-6-8-14(5,12-3)13-4/h9-10H,6-8H2,1-5H3. The molecule has 1 unspecified atom stereocenters. The molecule has 0 aliphatic heterocycles. The van der Waals surface area contributed by atoms with Crippen LogP contribution in [0.3, 0.4) is 0 Å². The second kappa shape index (κ2) is 7.36. The predicted octanol–water partition coefficient (Wildman–Crippen LogP) is 1.32. The summed E-state index contributed by atoms with van der Waals surface area (Å²) >= 11 is 0. The molecule has 5 heteroatoms. The lowest BCUT2D eigenvalue weighted by molar-refractivity contribution is 0.0895. The molecular formula is C9H23NO3Si. The number of hydrogen-bond acceptors (Lipinski definition) is 4. The molecule has 0 aromatic rings. The molecule has 0 spiro atoms. The first-order valence-electron chi connectivity index (χ1n) is 4.94. The van der Waals surface area contributed by atoms with Gasteiger partial charge in [-0.05, 0) is 32.5 Å². The summed E-state index contributed by atoms with van der Waals surface area (Å²) in [5, 5.41) is 3.24. The summed E-state index contributed by atoms with van der Waals surface area (Å²) in [6, 6.07) is 1.00. The highest BCUT2D eigenvalue weighted by molar-refractivity contribution is 6.65. The van der Waals surface area contributed by atoms with Crippen LogP contribution in [-0.2, 0) is 13.6 Å². The van der Waals surface area contributed by atoms with E-state index < -0.39 is 8.56 Å². The summed E-state index contributed by atoms with van der Waals surface area (Å²) in [5.41, 5.74) is 0. The minimum Gasteiger partial charge on any atom is -0.398 e. The first-order valence-corrected chi connectivity index (χ1v) is 7.47. The van der Waals surface area contributed by atoms with Crippen molar-refractivity contribution < 1.29 is 13.6 Å². The molecule has 1 atom stereocenters. The van der Waals surface area contributed by atoms with E-state index in [0.717, 1.165) is 19.0 Å². The minimum absolute atomic E-state index is 0.119. The van der Waals surface area contributed by atoms with Gasteiger partial charge in [-0.1, -0.05) is 0 Å². The number of ether oxygens (including phenoxy) is 1. The van der Waals surface area contributed by atoms with Crippen LogP contribution in [0.25, 0.3) is 0 Å². The molecule has 0 heterocycles. The largest absolute Gasteiger partial charge is 0.398 e. The summed E-state index contributed by atoms with van der Waals surface area (Å²) in [6.45, 7) is 5.00. The molecule has 0 radical (unpaired) electrons. The van der Waals surface area contributed by atoms with Crippen LogP contribution in [0.1, 0.15) is 13.3 Å². The van der Waals surface area contributed by atoms with E-state index in [1.54, 1.807) is 21.3 Å². The zero-order chi connectivity index (χ0) is 11.0. The van der Waals surface area contributed by atoms with Crippen molar-refractivity contribution in [3.63, 3.8) is 0 Å². The van der Waals surface area contributed by atoms with Gasteiger partial charge < -0.3 is 13.6 Å². The number of nitrogens with one attached hydrogen (secondary N) is 1. The maximum absolute atomic E-state index is 5.38. The van der Waals surface area contributed by atoms with Gasteiger partial charge in [0.05, 0.1) is 0 Å². The van der Waals surface area contributed by atoms with Crippen LogP contribution in [-0.4, -0.2) is 42.7 Å². The average Bonchev–Trinajstić information content (AvgIpc) is 2.23. The Balaban J connectivity index is 3.52. The fourth-order valence-corrected chi connectivity index (χ4v) is 2.48. The van der Waals surface area contributed by atoms with Gasteiger partial charge in [-0.2, -0.15) is 0 Å². The summed E-state index contributed by atoms with van der Waals surface area (Å²) < 4.78 is 15.8. The molecule has 0 fully saturated rings. The summed E-state index contributed by atoms with van der Waals surface area (Å²) in [7, 11) is 3.28. The van der Waals surface area contributed by atoms with Gasteiger partial charge in [-0.3, -0.25) is 5.32 Å². The predicted molar refractivity (Wildman–Crippen MR) is 59.5 cm³/mol. The molecule has 4 nitrogen and oxygen atoms in total. The van der Waals surface area contributed by atoms with Crippen molar-refractivity contribution >= 4 is 8.56 Å². The van der Waals surface area contributed by atoms with Gasteiger partial charge >= 0.3 is 8.56 Å². The van der Waals surface area contributed by atoms with E-state index in [1.165, 1.54) is 0 Å². The Bertz CT molecular complexity index is 142. The van der Waals surface area contributed by atoms with Gasteiger partial charge in [0.25, 0.3) is 0 Å². The van der Waals surface area contributed by atoms with Crippen LogP contribution in [0.5, 0.6) is 0 Å². The smallest absolute Gasteiger partial charge is 0.334 e. The fourth-order valence-electron chi connectivity index (χ4n) is 1.09. The van der Waals surface area contributed by atoms with E-state index in [-0.39, 0.29) is 6.23 Å². The van der Waals surface area contributed by atoms with Crippen LogP contribution in [0, 0.1) is 0 Å².